The van der Waals surface area contributed by atoms with Gasteiger partial charge in [0.1, 0.15) is 11.6 Å². The summed E-state index contributed by atoms with van der Waals surface area (Å²) in [5.74, 6) is 1.00. The number of anilines is 1. The zero-order valence-electron chi connectivity index (χ0n) is 13.5. The van der Waals surface area contributed by atoms with Crippen molar-refractivity contribution in [3.63, 3.8) is 0 Å². The second-order valence-electron chi connectivity index (χ2n) is 5.86. The molecule has 7 nitrogen and oxygen atoms in total. The fraction of sp³-hybridized carbons (Fsp3) is 0.375. The van der Waals surface area contributed by atoms with E-state index in [2.05, 4.69) is 10.4 Å². The number of rotatable bonds is 4. The molecule has 0 spiro atoms. The number of benzene rings is 1. The molecule has 1 aliphatic heterocycles. The van der Waals surface area contributed by atoms with E-state index in [1.165, 1.54) is 7.11 Å². The van der Waals surface area contributed by atoms with Crippen LogP contribution in [0.1, 0.15) is 28.5 Å². The van der Waals surface area contributed by atoms with Gasteiger partial charge in [-0.3, -0.25) is 4.79 Å². The largest absolute Gasteiger partial charge is 0.497 e. The second kappa shape index (κ2) is 6.27. The van der Waals surface area contributed by atoms with Crippen molar-refractivity contribution in [2.75, 3.05) is 23.9 Å². The number of carbonyl (C=O) groups is 1. The van der Waals surface area contributed by atoms with E-state index >= 15 is 0 Å². The lowest BCUT2D eigenvalue weighted by Crippen LogP contribution is -2.19. The van der Waals surface area contributed by atoms with E-state index in [0.717, 1.165) is 5.69 Å². The molecule has 0 aliphatic carbocycles. The number of nitrogens with zero attached hydrogens (tertiary/aromatic N) is 2. The molecule has 1 atom stereocenters. The minimum atomic E-state index is -3.03. The Bertz CT molecular complexity index is 873. The zero-order chi connectivity index (χ0) is 17.3. The molecular formula is C16H19N3O4S. The Balaban J connectivity index is 1.84. The predicted molar refractivity (Wildman–Crippen MR) is 90.2 cm³/mol. The van der Waals surface area contributed by atoms with Crippen LogP contribution in [-0.4, -0.2) is 42.7 Å². The quantitative estimate of drug-likeness (QED) is 0.909. The summed E-state index contributed by atoms with van der Waals surface area (Å²) in [6.07, 6.45) is 0.505. The first-order valence-electron chi connectivity index (χ1n) is 7.60. The Kier molecular flexibility index (Phi) is 4.31. The highest BCUT2D eigenvalue weighted by molar-refractivity contribution is 7.91. The molecule has 1 amide bonds. The first-order valence-corrected chi connectivity index (χ1v) is 9.42. The van der Waals surface area contributed by atoms with E-state index in [9.17, 15) is 13.2 Å². The predicted octanol–water partition coefficient (Wildman–Crippen LogP) is 1.81. The molecule has 1 unspecified atom stereocenters. The molecule has 0 saturated carbocycles. The summed E-state index contributed by atoms with van der Waals surface area (Å²) in [5.41, 5.74) is 1.18. The van der Waals surface area contributed by atoms with Crippen LogP contribution in [0.2, 0.25) is 0 Å². The third kappa shape index (κ3) is 3.43. The number of carbonyl (C=O) groups excluding carboxylic acids is 1. The molecule has 2 heterocycles. The normalized spacial score (nSPS) is 19.2. The number of aromatic nitrogens is 2. The molecule has 1 aliphatic rings. The Hall–Kier alpha value is -2.35. The van der Waals surface area contributed by atoms with Crippen LogP contribution >= 0.6 is 0 Å². The molecule has 8 heteroatoms. The molecule has 0 radical (unpaired) electrons. The number of hydrogen-bond donors (Lipinski definition) is 1. The van der Waals surface area contributed by atoms with Crippen LogP contribution in [0.15, 0.2) is 30.3 Å². The summed E-state index contributed by atoms with van der Waals surface area (Å²) >= 11 is 0. The topological polar surface area (TPSA) is 90.3 Å². The van der Waals surface area contributed by atoms with Gasteiger partial charge in [0.2, 0.25) is 0 Å². The summed E-state index contributed by atoms with van der Waals surface area (Å²) in [4.78, 5) is 12.5. The van der Waals surface area contributed by atoms with Gasteiger partial charge in [-0.15, -0.1) is 0 Å². The average Bonchev–Trinajstić information content (AvgIpc) is 3.09. The highest BCUT2D eigenvalue weighted by Gasteiger charge is 2.31. The SMILES string of the molecule is COc1cccc(C(=O)Nc2cc(C)nn2C2CCS(=O)(=O)C2)c1. The van der Waals surface area contributed by atoms with E-state index in [0.29, 0.717) is 23.6 Å². The summed E-state index contributed by atoms with van der Waals surface area (Å²) in [5, 5.41) is 7.17. The molecular weight excluding hydrogens is 330 g/mol. The summed E-state index contributed by atoms with van der Waals surface area (Å²) in [6, 6.07) is 8.32. The zero-order valence-corrected chi connectivity index (χ0v) is 14.3. The van der Waals surface area contributed by atoms with Gasteiger partial charge in [0.25, 0.3) is 5.91 Å². The van der Waals surface area contributed by atoms with Crippen molar-refractivity contribution in [2.24, 2.45) is 0 Å². The number of methoxy groups -OCH3 is 1. The molecule has 0 bridgehead atoms. The minimum absolute atomic E-state index is 0.0517. The van der Waals surface area contributed by atoms with Gasteiger partial charge >= 0.3 is 0 Å². The number of hydrogen-bond acceptors (Lipinski definition) is 5. The van der Waals surface area contributed by atoms with Gasteiger partial charge in [-0.1, -0.05) is 6.07 Å². The van der Waals surface area contributed by atoms with Crippen LogP contribution in [0.3, 0.4) is 0 Å². The standard InChI is InChI=1S/C16H19N3O4S/c1-11-8-15(19(18-11)13-6-7-24(21,22)10-13)17-16(20)12-4-3-5-14(9-12)23-2/h3-5,8-9,13H,6-7,10H2,1-2H3,(H,17,20). The van der Waals surface area contributed by atoms with E-state index in [4.69, 9.17) is 4.74 Å². The van der Waals surface area contributed by atoms with Crippen molar-refractivity contribution in [1.82, 2.24) is 9.78 Å². The molecule has 128 valence electrons. The number of nitrogens with one attached hydrogen (secondary N) is 1. The van der Waals surface area contributed by atoms with Crippen LogP contribution in [0.5, 0.6) is 5.75 Å². The Morgan fingerprint density at radius 1 is 1.38 bits per heavy atom. The van der Waals surface area contributed by atoms with E-state index < -0.39 is 9.84 Å². The smallest absolute Gasteiger partial charge is 0.256 e. The monoisotopic (exact) mass is 349 g/mol. The first-order chi connectivity index (χ1) is 11.4. The third-order valence-electron chi connectivity index (χ3n) is 3.99. The van der Waals surface area contributed by atoms with Crippen LogP contribution in [0, 0.1) is 6.92 Å². The summed E-state index contributed by atoms with van der Waals surface area (Å²) in [6.45, 7) is 1.81. The van der Waals surface area contributed by atoms with Gasteiger partial charge < -0.3 is 10.1 Å². The Labute approximate surface area is 140 Å². The van der Waals surface area contributed by atoms with Gasteiger partial charge in [0.05, 0.1) is 30.4 Å². The molecule has 1 N–H and O–H groups in total. The lowest BCUT2D eigenvalue weighted by molar-refractivity contribution is 0.102. The number of aryl methyl sites for hydroxylation is 1. The van der Waals surface area contributed by atoms with Gasteiger partial charge in [-0.25, -0.2) is 13.1 Å². The second-order valence-corrected chi connectivity index (χ2v) is 8.09. The van der Waals surface area contributed by atoms with E-state index in [1.807, 2.05) is 0 Å². The maximum absolute atomic E-state index is 12.5. The van der Waals surface area contributed by atoms with Crippen LogP contribution in [-0.2, 0) is 9.84 Å². The van der Waals surface area contributed by atoms with Crippen molar-refractivity contribution in [2.45, 2.75) is 19.4 Å². The van der Waals surface area contributed by atoms with Crippen molar-refractivity contribution in [3.8, 4) is 5.75 Å². The molecule has 1 aromatic carbocycles. The van der Waals surface area contributed by atoms with E-state index in [-0.39, 0.29) is 23.5 Å². The summed E-state index contributed by atoms with van der Waals surface area (Å²) in [7, 11) is -1.49. The van der Waals surface area contributed by atoms with Crippen molar-refractivity contribution in [1.29, 1.82) is 0 Å². The maximum atomic E-state index is 12.5. The van der Waals surface area contributed by atoms with Crippen LogP contribution in [0.4, 0.5) is 5.82 Å². The molecule has 1 fully saturated rings. The highest BCUT2D eigenvalue weighted by Crippen LogP contribution is 2.27. The van der Waals surface area contributed by atoms with Crippen LogP contribution < -0.4 is 10.1 Å². The lowest BCUT2D eigenvalue weighted by Gasteiger charge is -2.14. The minimum Gasteiger partial charge on any atom is -0.497 e. The number of ether oxygens (including phenoxy) is 1. The van der Waals surface area contributed by atoms with Crippen LogP contribution in [0.25, 0.3) is 0 Å². The molecule has 24 heavy (non-hydrogen) atoms. The van der Waals surface area contributed by atoms with Gasteiger partial charge in [0.15, 0.2) is 9.84 Å². The Morgan fingerprint density at radius 3 is 2.83 bits per heavy atom. The molecule has 2 aromatic rings. The highest BCUT2D eigenvalue weighted by atomic mass is 32.2. The number of amides is 1. The van der Waals surface area contributed by atoms with Crippen molar-refractivity contribution >= 4 is 21.6 Å². The molecule has 3 rings (SSSR count). The lowest BCUT2D eigenvalue weighted by atomic mass is 10.2. The van der Waals surface area contributed by atoms with Gasteiger partial charge in [-0.2, -0.15) is 5.10 Å². The fourth-order valence-corrected chi connectivity index (χ4v) is 4.50. The maximum Gasteiger partial charge on any atom is 0.256 e. The van der Waals surface area contributed by atoms with Gasteiger partial charge in [0, 0.05) is 11.6 Å². The third-order valence-corrected chi connectivity index (χ3v) is 5.74. The average molecular weight is 349 g/mol. The van der Waals surface area contributed by atoms with Crippen molar-refractivity contribution in [3.05, 3.63) is 41.6 Å². The van der Waals surface area contributed by atoms with Gasteiger partial charge in [-0.05, 0) is 31.5 Å². The van der Waals surface area contributed by atoms with E-state index in [1.54, 1.807) is 41.9 Å². The van der Waals surface area contributed by atoms with Crippen molar-refractivity contribution < 1.29 is 17.9 Å². The number of sulfone groups is 1. The molecule has 1 saturated heterocycles. The first kappa shape index (κ1) is 16.5. The molecule has 1 aromatic heterocycles. The fourth-order valence-electron chi connectivity index (χ4n) is 2.81. The summed E-state index contributed by atoms with van der Waals surface area (Å²) < 4.78 is 30.1. The Morgan fingerprint density at radius 2 is 2.17 bits per heavy atom.